The van der Waals surface area contributed by atoms with Gasteiger partial charge in [0.1, 0.15) is 17.2 Å². The number of nitrogens with one attached hydrogen (secondary N) is 1. The number of ether oxygens (including phenoxy) is 2. The highest BCUT2D eigenvalue weighted by molar-refractivity contribution is 7.86. The molecule has 250 valence electrons. The zero-order valence-corrected chi connectivity index (χ0v) is 27.2. The van der Waals surface area contributed by atoms with E-state index in [1.54, 1.807) is 48.5 Å². The van der Waals surface area contributed by atoms with Gasteiger partial charge in [-0.15, -0.1) is 0 Å². The summed E-state index contributed by atoms with van der Waals surface area (Å²) in [4.78, 5) is 53.5. The maximum Gasteiger partial charge on any atom is 0.359 e. The Morgan fingerprint density at radius 1 is 0.735 bits per heavy atom. The van der Waals surface area contributed by atoms with Crippen LogP contribution < -0.4 is 5.32 Å². The first-order chi connectivity index (χ1) is 23.8. The standard InChI is InChI=1S/C38H34N2O8S/c41-29-24-49(46)37-32(36(44)40(37)33(29)38(45)48-35(27-18-9-3-10-19-27)28-20-11-4-12-21-28)39-30(42)22-13-23-31(43)47-34(25-14-5-1-6-15-25)26-16-7-2-8-17-26/h1-12,14-21,32,34-35,37,41H,13,22-24H2,(H,39,42)/t32-,37+,49?/m1/s1. The number of nitrogens with zero attached hydrogens (tertiary/aromatic N) is 1. The summed E-state index contributed by atoms with van der Waals surface area (Å²) in [7, 11) is -1.80. The molecule has 0 radical (unpaired) electrons. The highest BCUT2D eigenvalue weighted by Gasteiger charge is 2.58. The number of benzene rings is 4. The van der Waals surface area contributed by atoms with E-state index in [2.05, 4.69) is 5.32 Å². The largest absolute Gasteiger partial charge is 0.509 e. The van der Waals surface area contributed by atoms with Crippen molar-refractivity contribution >= 4 is 34.6 Å². The quantitative estimate of drug-likeness (QED) is 0.158. The summed E-state index contributed by atoms with van der Waals surface area (Å²) in [5, 5.41) is 12.2. The summed E-state index contributed by atoms with van der Waals surface area (Å²) in [5.74, 6) is -3.59. The fourth-order valence-corrected chi connectivity index (χ4v) is 7.42. The van der Waals surface area contributed by atoms with Crippen molar-refractivity contribution in [3.8, 4) is 0 Å². The van der Waals surface area contributed by atoms with E-state index in [0.29, 0.717) is 11.1 Å². The highest BCUT2D eigenvalue weighted by Crippen LogP contribution is 2.36. The Morgan fingerprint density at radius 3 is 1.65 bits per heavy atom. The molecule has 2 aliphatic heterocycles. The summed E-state index contributed by atoms with van der Waals surface area (Å²) in [5.41, 5.74) is 2.58. The van der Waals surface area contributed by atoms with Gasteiger partial charge in [0.2, 0.25) is 5.91 Å². The second-order valence-electron chi connectivity index (χ2n) is 11.6. The molecule has 0 aromatic heterocycles. The molecule has 1 saturated heterocycles. The van der Waals surface area contributed by atoms with Crippen LogP contribution in [-0.2, 0) is 39.5 Å². The smallest absolute Gasteiger partial charge is 0.359 e. The van der Waals surface area contributed by atoms with E-state index in [9.17, 15) is 28.5 Å². The second-order valence-corrected chi connectivity index (χ2v) is 13.1. The summed E-state index contributed by atoms with van der Waals surface area (Å²) >= 11 is 0. The molecule has 4 aromatic carbocycles. The lowest BCUT2D eigenvalue weighted by Gasteiger charge is -2.48. The number of fused-ring (bicyclic) bond motifs is 1. The number of esters is 2. The Bertz CT molecular complexity index is 1790. The maximum absolute atomic E-state index is 13.5. The first-order valence-corrected chi connectivity index (χ1v) is 17.2. The van der Waals surface area contributed by atoms with Crippen molar-refractivity contribution in [2.45, 2.75) is 42.9 Å². The lowest BCUT2D eigenvalue weighted by Crippen LogP contribution is -2.73. The Labute approximate surface area is 285 Å². The van der Waals surface area contributed by atoms with Crippen LogP contribution in [0.1, 0.15) is 53.7 Å². The summed E-state index contributed by atoms with van der Waals surface area (Å²) in [6.45, 7) is 0. The van der Waals surface area contributed by atoms with Gasteiger partial charge < -0.3 is 19.9 Å². The molecule has 49 heavy (non-hydrogen) atoms. The van der Waals surface area contributed by atoms with E-state index in [0.717, 1.165) is 16.0 Å². The minimum absolute atomic E-state index is 0.0414. The van der Waals surface area contributed by atoms with Crippen molar-refractivity contribution < 1.29 is 38.0 Å². The lowest BCUT2D eigenvalue weighted by atomic mass is 10.0. The molecule has 11 heteroatoms. The molecular weight excluding hydrogens is 644 g/mol. The summed E-state index contributed by atoms with van der Waals surface area (Å²) < 4.78 is 24.7. The fourth-order valence-electron chi connectivity index (χ4n) is 5.91. The molecule has 10 nitrogen and oxygen atoms in total. The van der Waals surface area contributed by atoms with E-state index < -0.39 is 69.6 Å². The fraction of sp³-hybridized carbons (Fsp3) is 0.211. The van der Waals surface area contributed by atoms with Crippen molar-refractivity contribution in [3.05, 3.63) is 155 Å². The van der Waals surface area contributed by atoms with E-state index in [1.165, 1.54) is 0 Å². The molecule has 0 bridgehead atoms. The molecule has 2 aliphatic rings. The molecule has 1 unspecified atom stereocenters. The van der Waals surface area contributed by atoms with Crippen molar-refractivity contribution in [3.63, 3.8) is 0 Å². The van der Waals surface area contributed by atoms with Crippen molar-refractivity contribution in [2.24, 2.45) is 0 Å². The van der Waals surface area contributed by atoms with Crippen molar-refractivity contribution in [1.82, 2.24) is 10.2 Å². The monoisotopic (exact) mass is 678 g/mol. The molecular formula is C38H34N2O8S. The van der Waals surface area contributed by atoms with E-state index in [1.807, 2.05) is 72.8 Å². The zero-order chi connectivity index (χ0) is 34.3. The Hall–Kier alpha value is -5.55. The number of carbonyl (C=O) groups is 4. The van der Waals surface area contributed by atoms with Gasteiger partial charge in [0, 0.05) is 12.8 Å². The van der Waals surface area contributed by atoms with Crippen LogP contribution in [0.4, 0.5) is 0 Å². The Balaban J connectivity index is 1.06. The van der Waals surface area contributed by atoms with Gasteiger partial charge >= 0.3 is 11.9 Å². The molecule has 1 fully saturated rings. The van der Waals surface area contributed by atoms with Gasteiger partial charge in [-0.3, -0.25) is 23.5 Å². The van der Waals surface area contributed by atoms with Crippen LogP contribution in [-0.4, -0.2) is 55.1 Å². The minimum Gasteiger partial charge on any atom is -0.509 e. The van der Waals surface area contributed by atoms with Gasteiger partial charge in [-0.2, -0.15) is 0 Å². The average Bonchev–Trinajstić information content (AvgIpc) is 3.13. The van der Waals surface area contributed by atoms with Gasteiger partial charge in [-0.05, 0) is 28.7 Å². The molecule has 3 atom stereocenters. The van der Waals surface area contributed by atoms with Crippen LogP contribution in [0.25, 0.3) is 0 Å². The van der Waals surface area contributed by atoms with Gasteiger partial charge in [0.15, 0.2) is 17.9 Å². The highest BCUT2D eigenvalue weighted by atomic mass is 32.2. The first-order valence-electron chi connectivity index (χ1n) is 15.8. The van der Waals surface area contributed by atoms with Gasteiger partial charge in [0.05, 0.1) is 16.6 Å². The number of aliphatic hydroxyl groups is 1. The second kappa shape index (κ2) is 15.1. The minimum atomic E-state index is -1.80. The van der Waals surface area contributed by atoms with Crippen LogP contribution in [0, 0.1) is 0 Å². The van der Waals surface area contributed by atoms with E-state index in [4.69, 9.17) is 9.47 Å². The van der Waals surface area contributed by atoms with E-state index in [-0.39, 0.29) is 25.0 Å². The topological polar surface area (TPSA) is 139 Å². The predicted molar refractivity (Wildman–Crippen MR) is 181 cm³/mol. The molecule has 0 spiro atoms. The first kappa shape index (κ1) is 33.4. The number of hydrogen-bond donors (Lipinski definition) is 2. The van der Waals surface area contributed by atoms with Crippen LogP contribution >= 0.6 is 0 Å². The molecule has 2 amide bonds. The molecule has 4 aromatic rings. The van der Waals surface area contributed by atoms with Crippen LogP contribution in [0.2, 0.25) is 0 Å². The normalized spacial score (nSPS) is 18.4. The van der Waals surface area contributed by atoms with Gasteiger partial charge in [-0.25, -0.2) is 4.79 Å². The molecule has 0 saturated carbocycles. The third-order valence-electron chi connectivity index (χ3n) is 8.28. The Kier molecular flexibility index (Phi) is 10.3. The summed E-state index contributed by atoms with van der Waals surface area (Å²) in [6.07, 6.45) is -1.43. The van der Waals surface area contributed by atoms with Crippen LogP contribution in [0.3, 0.4) is 0 Å². The number of β-lactam (4-membered cyclic amide) rings is 1. The predicted octanol–water partition coefficient (Wildman–Crippen LogP) is 5.01. The number of rotatable bonds is 12. The lowest BCUT2D eigenvalue weighted by molar-refractivity contribution is -0.155. The number of hydrogen-bond acceptors (Lipinski definition) is 8. The SMILES string of the molecule is O=C(CCCC(=O)OC(c1ccccc1)c1ccccc1)N[C@@H]1C(=O)N2C(C(=O)OC(c3ccccc3)c3ccccc3)=C(O)CS(=O)[C@@H]12. The third-order valence-corrected chi connectivity index (χ3v) is 9.86. The molecule has 0 aliphatic carbocycles. The average molecular weight is 679 g/mol. The number of carbonyl (C=O) groups excluding carboxylic acids is 4. The van der Waals surface area contributed by atoms with Crippen molar-refractivity contribution in [1.29, 1.82) is 0 Å². The Morgan fingerprint density at radius 2 is 1.18 bits per heavy atom. The van der Waals surface area contributed by atoms with Gasteiger partial charge in [0.25, 0.3) is 5.91 Å². The molecule has 2 N–H and O–H groups in total. The zero-order valence-electron chi connectivity index (χ0n) is 26.3. The van der Waals surface area contributed by atoms with Gasteiger partial charge in [-0.1, -0.05) is 121 Å². The van der Waals surface area contributed by atoms with Crippen LogP contribution in [0.15, 0.2) is 133 Å². The van der Waals surface area contributed by atoms with Crippen molar-refractivity contribution in [2.75, 3.05) is 5.75 Å². The number of aliphatic hydroxyl groups excluding tert-OH is 1. The maximum atomic E-state index is 13.5. The number of amides is 2. The summed E-state index contributed by atoms with van der Waals surface area (Å²) in [6, 6.07) is 35.6. The van der Waals surface area contributed by atoms with Crippen LogP contribution in [0.5, 0.6) is 0 Å². The molecule has 2 heterocycles. The van der Waals surface area contributed by atoms with E-state index >= 15 is 0 Å². The third kappa shape index (κ3) is 7.47. The molecule has 6 rings (SSSR count).